The molecule has 4 heterocycles. The molecule has 0 spiro atoms. The third-order valence-electron chi connectivity index (χ3n) is 6.90. The van der Waals surface area contributed by atoms with Gasteiger partial charge in [-0.15, -0.1) is 28.5 Å². The zero-order valence-corrected chi connectivity index (χ0v) is 22.8. The second-order valence-corrected chi connectivity index (χ2v) is 11.2. The summed E-state index contributed by atoms with van der Waals surface area (Å²) in [5.41, 5.74) is 1.45. The zero-order valence-electron chi connectivity index (χ0n) is 22.0. The van der Waals surface area contributed by atoms with Crippen molar-refractivity contribution in [1.82, 2.24) is 25.3 Å². The summed E-state index contributed by atoms with van der Waals surface area (Å²) in [7, 11) is 0. The topological polar surface area (TPSA) is 108 Å². The van der Waals surface area contributed by atoms with Crippen LogP contribution in [-0.2, 0) is 11.3 Å². The molecule has 5 rings (SSSR count). The van der Waals surface area contributed by atoms with E-state index >= 15 is 0 Å². The molecule has 2 N–H and O–H groups in total. The Morgan fingerprint density at radius 3 is 2.77 bits per heavy atom. The first kappa shape index (κ1) is 28.0. The van der Waals surface area contributed by atoms with Gasteiger partial charge in [0.15, 0.2) is 5.82 Å². The van der Waals surface area contributed by atoms with E-state index in [2.05, 4.69) is 45.6 Å². The Morgan fingerprint density at radius 2 is 1.98 bits per heavy atom. The van der Waals surface area contributed by atoms with Gasteiger partial charge in [-0.3, -0.25) is 9.69 Å². The number of anilines is 3. The second-order valence-electron chi connectivity index (χ2n) is 10.3. The number of carbonyl (C=O) groups excluding carboxylic acids is 1. The molecule has 0 aliphatic carbocycles. The van der Waals surface area contributed by atoms with Gasteiger partial charge in [-0.05, 0) is 74.0 Å². The van der Waals surface area contributed by atoms with E-state index in [9.17, 15) is 18.0 Å². The molecule has 2 atom stereocenters. The molecule has 14 heteroatoms. The first-order valence-electron chi connectivity index (χ1n) is 13.2. The van der Waals surface area contributed by atoms with Gasteiger partial charge in [0.25, 0.3) is 0 Å². The molecular weight excluding hydrogens is 545 g/mol. The fourth-order valence-electron chi connectivity index (χ4n) is 5.32. The van der Waals surface area contributed by atoms with E-state index in [0.717, 1.165) is 50.3 Å². The first-order chi connectivity index (χ1) is 19.2. The highest BCUT2D eigenvalue weighted by molar-refractivity contribution is 7.19. The zero-order chi connectivity index (χ0) is 28.1. The van der Waals surface area contributed by atoms with Crippen LogP contribution in [0.5, 0.6) is 5.75 Å². The Bertz CT molecular complexity index is 1290. The summed E-state index contributed by atoms with van der Waals surface area (Å²) in [6, 6.07) is 8.65. The maximum atomic E-state index is 12.8. The average molecular weight is 577 g/mol. The number of amides is 1. The number of alkyl halides is 3. The summed E-state index contributed by atoms with van der Waals surface area (Å²) < 4.78 is 42.1. The lowest BCUT2D eigenvalue weighted by molar-refractivity contribution is -0.274. The number of ether oxygens (including phenoxy) is 1. The number of halogens is 3. The second kappa shape index (κ2) is 12.3. The van der Waals surface area contributed by atoms with Gasteiger partial charge in [0, 0.05) is 44.8 Å². The van der Waals surface area contributed by atoms with E-state index in [1.54, 1.807) is 13.1 Å². The number of hydrogen-bond acceptors (Lipinski definition) is 10. The molecule has 3 aromatic rings. The SMILES string of the molecule is Cc1cc(CN2CCC[C@@H](CC(=O)Nc3nnc(N[C@@H]4CCN(c5cccnn5)C4)s3)C2)cc(OC(F)(F)F)c1. The number of aromatic nitrogens is 4. The van der Waals surface area contributed by atoms with Crippen molar-refractivity contribution in [2.45, 2.75) is 51.6 Å². The minimum Gasteiger partial charge on any atom is -0.406 e. The van der Waals surface area contributed by atoms with Gasteiger partial charge in [0.1, 0.15) is 5.75 Å². The lowest BCUT2D eigenvalue weighted by Gasteiger charge is -2.32. The number of aryl methyl sites for hydroxylation is 1. The van der Waals surface area contributed by atoms with Crippen LogP contribution in [0, 0.1) is 12.8 Å². The molecule has 1 aromatic carbocycles. The molecule has 0 saturated carbocycles. The van der Waals surface area contributed by atoms with Crippen molar-refractivity contribution in [3.63, 3.8) is 0 Å². The van der Waals surface area contributed by atoms with Crippen molar-refractivity contribution < 1.29 is 22.7 Å². The van der Waals surface area contributed by atoms with E-state index in [0.29, 0.717) is 35.3 Å². The van der Waals surface area contributed by atoms with E-state index in [1.807, 2.05) is 18.2 Å². The molecule has 2 aromatic heterocycles. The summed E-state index contributed by atoms with van der Waals surface area (Å²) in [5.74, 6) is 0.649. The molecule has 0 bridgehead atoms. The number of rotatable bonds is 9. The molecule has 214 valence electrons. The lowest BCUT2D eigenvalue weighted by Crippen LogP contribution is -2.36. The molecule has 40 heavy (non-hydrogen) atoms. The minimum absolute atomic E-state index is 0.124. The van der Waals surface area contributed by atoms with Gasteiger partial charge in [0.05, 0.1) is 0 Å². The summed E-state index contributed by atoms with van der Waals surface area (Å²) in [4.78, 5) is 17.1. The molecule has 2 saturated heterocycles. The van der Waals surface area contributed by atoms with Crippen molar-refractivity contribution in [3.8, 4) is 5.75 Å². The normalized spacial score (nSPS) is 19.9. The smallest absolute Gasteiger partial charge is 0.406 e. The first-order valence-corrected chi connectivity index (χ1v) is 14.0. The fraction of sp³-hybridized carbons (Fsp3) is 0.500. The summed E-state index contributed by atoms with van der Waals surface area (Å²) in [6.07, 6.45) is 0.00837. The highest BCUT2D eigenvalue weighted by Crippen LogP contribution is 2.28. The third-order valence-corrected chi connectivity index (χ3v) is 7.67. The van der Waals surface area contributed by atoms with Crippen molar-refractivity contribution in [3.05, 3.63) is 47.7 Å². The highest BCUT2D eigenvalue weighted by atomic mass is 32.1. The lowest BCUT2D eigenvalue weighted by atomic mass is 9.94. The van der Waals surface area contributed by atoms with Crippen LogP contribution in [0.1, 0.15) is 36.8 Å². The molecule has 2 aliphatic rings. The van der Waals surface area contributed by atoms with Gasteiger partial charge in [-0.1, -0.05) is 17.4 Å². The molecule has 2 fully saturated rings. The number of piperidine rings is 1. The van der Waals surface area contributed by atoms with Crippen molar-refractivity contribution >= 4 is 33.3 Å². The van der Waals surface area contributed by atoms with Crippen LogP contribution < -0.4 is 20.3 Å². The number of nitrogens with one attached hydrogen (secondary N) is 2. The highest BCUT2D eigenvalue weighted by Gasteiger charge is 2.31. The van der Waals surface area contributed by atoms with E-state index in [-0.39, 0.29) is 23.6 Å². The third kappa shape index (κ3) is 8.01. The van der Waals surface area contributed by atoms with Gasteiger partial charge in [-0.25, -0.2) is 0 Å². The van der Waals surface area contributed by atoms with Crippen LogP contribution in [0.25, 0.3) is 0 Å². The Morgan fingerprint density at radius 1 is 1.12 bits per heavy atom. The summed E-state index contributed by atoms with van der Waals surface area (Å²) in [5, 5.41) is 23.7. The molecule has 0 unspecified atom stereocenters. The van der Waals surface area contributed by atoms with E-state index in [4.69, 9.17) is 0 Å². The minimum atomic E-state index is -4.73. The van der Waals surface area contributed by atoms with Gasteiger partial charge in [0.2, 0.25) is 16.2 Å². The molecule has 1 amide bonds. The van der Waals surface area contributed by atoms with Crippen molar-refractivity contribution in [2.75, 3.05) is 41.7 Å². The number of nitrogens with zero attached hydrogens (tertiary/aromatic N) is 6. The van der Waals surface area contributed by atoms with Crippen molar-refractivity contribution in [1.29, 1.82) is 0 Å². The molecule has 2 aliphatic heterocycles. The molecular formula is C26H31F3N8O2S. The monoisotopic (exact) mass is 576 g/mol. The van der Waals surface area contributed by atoms with Gasteiger partial charge >= 0.3 is 6.36 Å². The standard InChI is InChI=1S/C26H31F3N8O2S/c1-17-10-19(12-21(11-17)39-26(27,28)29)15-36-8-3-4-18(14-36)13-23(38)32-25-35-34-24(40-25)31-20-6-9-37(16-20)22-5-2-7-30-33-22/h2,5,7,10-12,18,20H,3-4,6,8-9,13-16H2,1H3,(H,31,34)(H,32,35,38)/t18-,20+/m0/s1. The predicted molar refractivity (Wildman–Crippen MR) is 145 cm³/mol. The number of carbonyl (C=O) groups is 1. The predicted octanol–water partition coefficient (Wildman–Crippen LogP) is 4.47. The molecule has 0 radical (unpaired) electrons. The van der Waals surface area contributed by atoms with Crippen molar-refractivity contribution in [2.24, 2.45) is 5.92 Å². The van der Waals surface area contributed by atoms with Crippen LogP contribution in [0.4, 0.5) is 29.3 Å². The van der Waals surface area contributed by atoms with Crippen LogP contribution >= 0.6 is 11.3 Å². The number of benzene rings is 1. The number of hydrogen-bond donors (Lipinski definition) is 2. The van der Waals surface area contributed by atoms with Crippen LogP contribution in [-0.4, -0.2) is 69.8 Å². The van der Waals surface area contributed by atoms with Crippen LogP contribution in [0.2, 0.25) is 0 Å². The Hall–Kier alpha value is -3.52. The van der Waals surface area contributed by atoms with E-state index < -0.39 is 6.36 Å². The number of likely N-dealkylation sites (tertiary alicyclic amines) is 1. The summed E-state index contributed by atoms with van der Waals surface area (Å²) in [6.45, 7) is 5.38. The maximum Gasteiger partial charge on any atom is 0.573 e. The van der Waals surface area contributed by atoms with Gasteiger partial charge in [-0.2, -0.15) is 5.10 Å². The maximum absolute atomic E-state index is 12.8. The average Bonchev–Trinajstić information content (AvgIpc) is 3.53. The van der Waals surface area contributed by atoms with Crippen LogP contribution in [0.15, 0.2) is 36.5 Å². The van der Waals surface area contributed by atoms with Gasteiger partial charge < -0.3 is 20.3 Å². The largest absolute Gasteiger partial charge is 0.573 e. The summed E-state index contributed by atoms with van der Waals surface area (Å²) >= 11 is 1.30. The van der Waals surface area contributed by atoms with Crippen LogP contribution in [0.3, 0.4) is 0 Å². The Kier molecular flexibility index (Phi) is 8.64. The van der Waals surface area contributed by atoms with E-state index in [1.165, 1.54) is 23.5 Å². The fourth-order valence-corrected chi connectivity index (χ4v) is 6.05. The quantitative estimate of drug-likeness (QED) is 0.382. The molecule has 10 nitrogen and oxygen atoms in total. The Labute approximate surface area is 233 Å². The Balaban J connectivity index is 1.08.